The fourth-order valence-electron chi connectivity index (χ4n) is 4.97. The smallest absolute Gasteiger partial charge is 0.161 e. The molecule has 35 heavy (non-hydrogen) atoms. The number of benzene rings is 2. The van der Waals surface area contributed by atoms with Gasteiger partial charge in [-0.3, -0.25) is 0 Å². The highest BCUT2D eigenvalue weighted by atomic mass is 35.5. The topological polar surface area (TPSA) is 54.7 Å². The molecule has 0 amide bonds. The Bertz CT molecular complexity index is 1050. The van der Waals surface area contributed by atoms with Gasteiger partial charge in [0.2, 0.25) is 0 Å². The monoisotopic (exact) mass is 518 g/mol. The molecule has 7 heteroatoms. The lowest BCUT2D eigenvalue weighted by molar-refractivity contribution is 0.0331. The first-order valence-corrected chi connectivity index (χ1v) is 12.9. The van der Waals surface area contributed by atoms with Crippen molar-refractivity contribution in [3.63, 3.8) is 0 Å². The summed E-state index contributed by atoms with van der Waals surface area (Å²) < 4.78 is 17.3. The van der Waals surface area contributed by atoms with E-state index in [1.165, 1.54) is 5.56 Å². The second-order valence-electron chi connectivity index (χ2n) is 9.60. The molecule has 0 radical (unpaired) electrons. The van der Waals surface area contributed by atoms with E-state index in [1.807, 2.05) is 12.1 Å². The number of hydrogen-bond donors (Lipinski definition) is 0. The number of methoxy groups -OCH3 is 2. The number of ether oxygens (including phenoxy) is 3. The summed E-state index contributed by atoms with van der Waals surface area (Å²) in [5.41, 5.74) is 2.72. The van der Waals surface area contributed by atoms with Gasteiger partial charge < -0.3 is 19.1 Å². The Hall–Kier alpha value is -1.97. The predicted octanol–water partition coefficient (Wildman–Crippen LogP) is 6.84. The minimum Gasteiger partial charge on any atom is -0.493 e. The zero-order chi connectivity index (χ0) is 25.6. The first kappa shape index (κ1) is 27.6. The van der Waals surface area contributed by atoms with E-state index in [9.17, 15) is 5.26 Å². The van der Waals surface area contributed by atoms with Crippen molar-refractivity contribution in [3.8, 4) is 17.6 Å². The molecular formula is C28H36Cl2N2O3. The van der Waals surface area contributed by atoms with Gasteiger partial charge in [0, 0.05) is 13.2 Å². The number of fused-ring (bicyclic) bond motifs is 1. The van der Waals surface area contributed by atoms with Crippen LogP contribution in [0.15, 0.2) is 30.3 Å². The van der Waals surface area contributed by atoms with E-state index < -0.39 is 5.41 Å². The van der Waals surface area contributed by atoms with Crippen LogP contribution in [0.4, 0.5) is 0 Å². The molecule has 0 aromatic heterocycles. The number of likely N-dealkylation sites (N-methyl/N-ethyl adjacent to an activating group) is 1. The molecule has 2 aromatic rings. The summed E-state index contributed by atoms with van der Waals surface area (Å²) in [6.07, 6.45) is 3.49. The molecule has 0 fully saturated rings. The van der Waals surface area contributed by atoms with Crippen LogP contribution in [0.3, 0.4) is 0 Å². The number of nitrogens with zero attached hydrogens (tertiary/aromatic N) is 2. The van der Waals surface area contributed by atoms with E-state index in [1.54, 1.807) is 20.3 Å². The number of rotatable bonds is 10. The number of halogens is 2. The van der Waals surface area contributed by atoms with Crippen LogP contribution in [0.2, 0.25) is 10.0 Å². The lowest BCUT2D eigenvalue weighted by atomic mass is 9.70. The normalized spacial score (nSPS) is 17.4. The third-order valence-corrected chi connectivity index (χ3v) is 7.85. The maximum Gasteiger partial charge on any atom is 0.161 e. The molecule has 1 aliphatic rings. The molecule has 2 unspecified atom stereocenters. The maximum atomic E-state index is 10.2. The SMILES string of the molecule is COc1cc2c(cc1OC)C(CN(C)CCCC(C#N)(c1ccc(Cl)c(Cl)c1)C(C)C)OCCC2. The lowest BCUT2D eigenvalue weighted by Crippen LogP contribution is -2.33. The highest BCUT2D eigenvalue weighted by molar-refractivity contribution is 6.42. The molecule has 0 saturated carbocycles. The van der Waals surface area contributed by atoms with Gasteiger partial charge in [0.1, 0.15) is 0 Å². The predicted molar refractivity (Wildman–Crippen MR) is 142 cm³/mol. The second kappa shape index (κ2) is 12.3. The van der Waals surface area contributed by atoms with Gasteiger partial charge in [0.25, 0.3) is 0 Å². The van der Waals surface area contributed by atoms with E-state index >= 15 is 0 Å². The summed E-state index contributed by atoms with van der Waals surface area (Å²) in [5.74, 6) is 1.61. The Kier molecular flexibility index (Phi) is 9.72. The highest BCUT2D eigenvalue weighted by Crippen LogP contribution is 2.40. The standard InChI is InChI=1S/C28H36Cl2N2O3/c1-19(2)28(18-31,21-9-10-23(29)24(30)15-21)11-7-12-32(3)17-27-22-16-26(34-5)25(33-4)14-20(22)8-6-13-35-27/h9-10,14-16,19,27H,6-8,11-13,17H2,1-5H3. The number of aryl methyl sites for hydroxylation is 1. The molecule has 1 heterocycles. The average molecular weight is 520 g/mol. The van der Waals surface area contributed by atoms with Crippen molar-refractivity contribution in [3.05, 3.63) is 57.1 Å². The van der Waals surface area contributed by atoms with Gasteiger partial charge in [-0.05, 0) is 86.1 Å². The average Bonchev–Trinajstić information content (AvgIpc) is 3.04. The Balaban J connectivity index is 1.71. The molecule has 0 bridgehead atoms. The summed E-state index contributed by atoms with van der Waals surface area (Å²) >= 11 is 12.4. The molecule has 2 atom stereocenters. The van der Waals surface area contributed by atoms with Crippen LogP contribution < -0.4 is 9.47 Å². The summed E-state index contributed by atoms with van der Waals surface area (Å²) in [5, 5.41) is 11.2. The quantitative estimate of drug-likeness (QED) is 0.344. The van der Waals surface area contributed by atoms with Crippen LogP contribution in [0.25, 0.3) is 0 Å². The Morgan fingerprint density at radius 3 is 2.49 bits per heavy atom. The molecule has 5 nitrogen and oxygen atoms in total. The number of nitriles is 1. The molecule has 0 saturated heterocycles. The lowest BCUT2D eigenvalue weighted by Gasteiger charge is -2.33. The van der Waals surface area contributed by atoms with Crippen molar-refractivity contribution in [2.24, 2.45) is 5.92 Å². The van der Waals surface area contributed by atoms with Gasteiger partial charge in [-0.15, -0.1) is 0 Å². The van der Waals surface area contributed by atoms with Crippen molar-refractivity contribution in [1.82, 2.24) is 4.90 Å². The van der Waals surface area contributed by atoms with E-state index in [0.717, 1.165) is 68.0 Å². The molecular weight excluding hydrogens is 483 g/mol. The van der Waals surface area contributed by atoms with Crippen LogP contribution in [-0.2, 0) is 16.6 Å². The third kappa shape index (κ3) is 6.24. The maximum absolute atomic E-state index is 10.2. The van der Waals surface area contributed by atoms with Crippen molar-refractivity contribution in [2.75, 3.05) is 41.0 Å². The summed E-state index contributed by atoms with van der Waals surface area (Å²) in [7, 11) is 5.43. The van der Waals surface area contributed by atoms with Gasteiger partial charge in [0.05, 0.1) is 41.9 Å². The van der Waals surface area contributed by atoms with Crippen LogP contribution in [0.5, 0.6) is 11.5 Å². The minimum absolute atomic E-state index is 0.0433. The minimum atomic E-state index is -0.621. The number of hydrogen-bond acceptors (Lipinski definition) is 5. The largest absolute Gasteiger partial charge is 0.493 e. The van der Waals surface area contributed by atoms with E-state index in [0.29, 0.717) is 10.0 Å². The molecule has 3 rings (SSSR count). The first-order chi connectivity index (χ1) is 16.7. The van der Waals surface area contributed by atoms with Gasteiger partial charge in [-0.2, -0.15) is 5.26 Å². The van der Waals surface area contributed by atoms with Crippen molar-refractivity contribution in [2.45, 2.75) is 51.0 Å². The zero-order valence-electron chi connectivity index (χ0n) is 21.4. The van der Waals surface area contributed by atoms with Gasteiger partial charge in [-0.1, -0.05) is 43.1 Å². The molecule has 0 N–H and O–H groups in total. The van der Waals surface area contributed by atoms with E-state index in [-0.39, 0.29) is 12.0 Å². The Labute approximate surface area is 219 Å². The van der Waals surface area contributed by atoms with E-state index in [4.69, 9.17) is 37.4 Å². The van der Waals surface area contributed by atoms with Crippen molar-refractivity contribution in [1.29, 1.82) is 5.26 Å². The van der Waals surface area contributed by atoms with Crippen LogP contribution in [0.1, 0.15) is 55.9 Å². The molecule has 190 valence electrons. The van der Waals surface area contributed by atoms with Crippen molar-refractivity contribution < 1.29 is 14.2 Å². The molecule has 0 aliphatic carbocycles. The van der Waals surface area contributed by atoms with Crippen LogP contribution in [0, 0.1) is 17.2 Å². The summed E-state index contributed by atoms with van der Waals surface area (Å²) in [4.78, 5) is 2.29. The fraction of sp³-hybridized carbons (Fsp3) is 0.536. The van der Waals surface area contributed by atoms with Crippen LogP contribution >= 0.6 is 23.2 Å². The zero-order valence-corrected chi connectivity index (χ0v) is 22.9. The molecule has 0 spiro atoms. The first-order valence-electron chi connectivity index (χ1n) is 12.2. The molecule has 2 aromatic carbocycles. The summed E-state index contributed by atoms with van der Waals surface area (Å²) in [6.45, 7) is 6.51. The molecule has 1 aliphatic heterocycles. The van der Waals surface area contributed by atoms with Crippen molar-refractivity contribution >= 4 is 23.2 Å². The van der Waals surface area contributed by atoms with Crippen LogP contribution in [-0.4, -0.2) is 45.9 Å². The van der Waals surface area contributed by atoms with Gasteiger partial charge in [-0.25, -0.2) is 0 Å². The van der Waals surface area contributed by atoms with Gasteiger partial charge >= 0.3 is 0 Å². The second-order valence-corrected chi connectivity index (χ2v) is 10.4. The Morgan fingerprint density at radius 2 is 1.86 bits per heavy atom. The van der Waals surface area contributed by atoms with E-state index in [2.05, 4.69) is 44.0 Å². The summed E-state index contributed by atoms with van der Waals surface area (Å²) in [6, 6.07) is 12.3. The highest BCUT2D eigenvalue weighted by Gasteiger charge is 2.36. The van der Waals surface area contributed by atoms with Gasteiger partial charge in [0.15, 0.2) is 11.5 Å². The fourth-order valence-corrected chi connectivity index (χ4v) is 5.27. The third-order valence-electron chi connectivity index (χ3n) is 7.11. The Morgan fingerprint density at radius 1 is 1.14 bits per heavy atom.